The van der Waals surface area contributed by atoms with Gasteiger partial charge in [0.15, 0.2) is 6.61 Å². The second-order valence-corrected chi connectivity index (χ2v) is 2.04. The molecule has 0 spiro atoms. The molecule has 1 N–H and O–H groups in total. The standard InChI is InChI=1S/C6H9N3O3/c1-4-8-9-5(12-4)3-11-6(10)7-2/h3H2,1-2H3,(H,7,10). The van der Waals surface area contributed by atoms with Crippen molar-refractivity contribution in [2.75, 3.05) is 7.05 Å². The molecule has 0 aliphatic carbocycles. The highest BCUT2D eigenvalue weighted by Gasteiger charge is 2.04. The summed E-state index contributed by atoms with van der Waals surface area (Å²) in [7, 11) is 1.47. The average Bonchev–Trinajstić information content (AvgIpc) is 2.47. The van der Waals surface area contributed by atoms with Crippen LogP contribution in [0.4, 0.5) is 4.79 Å². The fourth-order valence-electron chi connectivity index (χ4n) is 0.595. The lowest BCUT2D eigenvalue weighted by Crippen LogP contribution is -2.18. The molecular formula is C6H9N3O3. The highest BCUT2D eigenvalue weighted by Crippen LogP contribution is 1.99. The summed E-state index contributed by atoms with van der Waals surface area (Å²) in [6.45, 7) is 1.66. The summed E-state index contributed by atoms with van der Waals surface area (Å²) in [4.78, 5) is 10.6. The summed E-state index contributed by atoms with van der Waals surface area (Å²) in [5, 5.41) is 9.48. The molecule has 6 heteroatoms. The van der Waals surface area contributed by atoms with Crippen molar-refractivity contribution in [1.82, 2.24) is 15.5 Å². The van der Waals surface area contributed by atoms with Crippen molar-refractivity contribution in [1.29, 1.82) is 0 Å². The maximum Gasteiger partial charge on any atom is 0.407 e. The molecule has 1 aromatic heterocycles. The number of nitrogens with one attached hydrogen (secondary N) is 1. The third kappa shape index (κ3) is 2.22. The van der Waals surface area contributed by atoms with Crippen LogP contribution in [0.2, 0.25) is 0 Å². The van der Waals surface area contributed by atoms with Gasteiger partial charge in [0.1, 0.15) is 0 Å². The highest BCUT2D eigenvalue weighted by molar-refractivity contribution is 5.66. The van der Waals surface area contributed by atoms with E-state index in [0.717, 1.165) is 0 Å². The Balaban J connectivity index is 2.38. The van der Waals surface area contributed by atoms with Gasteiger partial charge in [-0.05, 0) is 0 Å². The molecule has 0 fully saturated rings. The lowest BCUT2D eigenvalue weighted by Gasteiger charge is -1.98. The van der Waals surface area contributed by atoms with Crippen molar-refractivity contribution >= 4 is 6.09 Å². The molecule has 1 rings (SSSR count). The van der Waals surface area contributed by atoms with Crippen molar-refractivity contribution in [2.24, 2.45) is 0 Å². The molecule has 0 aromatic carbocycles. The van der Waals surface area contributed by atoms with E-state index in [-0.39, 0.29) is 12.5 Å². The zero-order chi connectivity index (χ0) is 8.97. The van der Waals surface area contributed by atoms with Gasteiger partial charge in [0.05, 0.1) is 0 Å². The largest absolute Gasteiger partial charge is 0.439 e. The van der Waals surface area contributed by atoms with E-state index in [1.807, 2.05) is 0 Å². The number of aromatic nitrogens is 2. The fraction of sp³-hybridized carbons (Fsp3) is 0.500. The zero-order valence-electron chi connectivity index (χ0n) is 6.83. The van der Waals surface area contributed by atoms with Gasteiger partial charge in [0, 0.05) is 14.0 Å². The molecule has 6 nitrogen and oxygen atoms in total. The lowest BCUT2D eigenvalue weighted by molar-refractivity contribution is 0.130. The van der Waals surface area contributed by atoms with E-state index in [1.165, 1.54) is 7.05 Å². The Bertz CT molecular complexity index is 271. The maximum atomic E-state index is 10.6. The van der Waals surface area contributed by atoms with Gasteiger partial charge in [0.25, 0.3) is 5.89 Å². The minimum Gasteiger partial charge on any atom is -0.439 e. The predicted octanol–water partition coefficient (Wildman–Crippen LogP) is 0.234. The number of carbonyl (C=O) groups excluding carboxylic acids is 1. The van der Waals surface area contributed by atoms with Crippen molar-refractivity contribution in [3.8, 4) is 0 Å². The first kappa shape index (κ1) is 8.51. The summed E-state index contributed by atoms with van der Waals surface area (Å²) in [5.74, 6) is 0.738. The highest BCUT2D eigenvalue weighted by atomic mass is 16.6. The first-order valence-corrected chi connectivity index (χ1v) is 3.36. The molecule has 0 saturated heterocycles. The fourth-order valence-corrected chi connectivity index (χ4v) is 0.595. The van der Waals surface area contributed by atoms with Crippen LogP contribution in [0.1, 0.15) is 11.8 Å². The van der Waals surface area contributed by atoms with Crippen LogP contribution in [0.3, 0.4) is 0 Å². The molecule has 66 valence electrons. The van der Waals surface area contributed by atoms with Gasteiger partial charge in [-0.25, -0.2) is 4.79 Å². The van der Waals surface area contributed by atoms with Gasteiger partial charge in [-0.2, -0.15) is 0 Å². The van der Waals surface area contributed by atoms with Crippen molar-refractivity contribution in [3.05, 3.63) is 11.8 Å². The molecule has 1 heterocycles. The van der Waals surface area contributed by atoms with E-state index in [2.05, 4.69) is 20.3 Å². The van der Waals surface area contributed by atoms with E-state index >= 15 is 0 Å². The van der Waals surface area contributed by atoms with Crippen LogP contribution in [0.25, 0.3) is 0 Å². The van der Waals surface area contributed by atoms with Crippen LogP contribution < -0.4 is 5.32 Å². The summed E-state index contributed by atoms with van der Waals surface area (Å²) >= 11 is 0. The first-order chi connectivity index (χ1) is 5.72. The molecular weight excluding hydrogens is 162 g/mol. The topological polar surface area (TPSA) is 77.2 Å². The van der Waals surface area contributed by atoms with E-state index in [9.17, 15) is 4.79 Å². The van der Waals surface area contributed by atoms with E-state index in [4.69, 9.17) is 4.42 Å². The Morgan fingerprint density at radius 2 is 2.42 bits per heavy atom. The van der Waals surface area contributed by atoms with Crippen molar-refractivity contribution in [3.63, 3.8) is 0 Å². The SMILES string of the molecule is CNC(=O)OCc1nnc(C)o1. The zero-order valence-corrected chi connectivity index (χ0v) is 6.83. The van der Waals surface area contributed by atoms with Crippen LogP contribution >= 0.6 is 0 Å². The predicted molar refractivity (Wildman–Crippen MR) is 38.3 cm³/mol. The van der Waals surface area contributed by atoms with E-state index in [0.29, 0.717) is 5.89 Å². The first-order valence-electron chi connectivity index (χ1n) is 3.36. The number of ether oxygens (including phenoxy) is 1. The van der Waals surface area contributed by atoms with Crippen LogP contribution in [0, 0.1) is 6.92 Å². The Hall–Kier alpha value is -1.59. The van der Waals surface area contributed by atoms with Crippen molar-refractivity contribution in [2.45, 2.75) is 13.5 Å². The molecule has 12 heavy (non-hydrogen) atoms. The van der Waals surface area contributed by atoms with Crippen LogP contribution in [-0.4, -0.2) is 23.3 Å². The summed E-state index contributed by atoms with van der Waals surface area (Å²) in [6, 6.07) is 0. The van der Waals surface area contributed by atoms with Gasteiger partial charge < -0.3 is 14.5 Å². The Labute approximate surface area is 68.9 Å². The number of carbonyl (C=O) groups is 1. The second-order valence-electron chi connectivity index (χ2n) is 2.04. The minimum absolute atomic E-state index is 0.000509. The number of amides is 1. The molecule has 0 aliphatic rings. The molecule has 0 saturated carbocycles. The van der Waals surface area contributed by atoms with Crippen molar-refractivity contribution < 1.29 is 13.9 Å². The number of alkyl carbamates (subject to hydrolysis) is 1. The Kier molecular flexibility index (Phi) is 2.62. The van der Waals surface area contributed by atoms with E-state index < -0.39 is 6.09 Å². The van der Waals surface area contributed by atoms with Gasteiger partial charge in [-0.15, -0.1) is 10.2 Å². The quantitative estimate of drug-likeness (QED) is 0.689. The molecule has 0 radical (unpaired) electrons. The summed E-state index contributed by atoms with van der Waals surface area (Å²) in [5.41, 5.74) is 0. The monoisotopic (exact) mass is 171 g/mol. The van der Waals surface area contributed by atoms with Gasteiger partial charge in [0.2, 0.25) is 5.89 Å². The second kappa shape index (κ2) is 3.70. The number of aryl methyl sites for hydroxylation is 1. The third-order valence-corrected chi connectivity index (χ3v) is 1.10. The third-order valence-electron chi connectivity index (χ3n) is 1.10. The Morgan fingerprint density at radius 3 is 2.92 bits per heavy atom. The van der Waals surface area contributed by atoms with Gasteiger partial charge >= 0.3 is 6.09 Å². The summed E-state index contributed by atoms with van der Waals surface area (Å²) in [6.07, 6.45) is -0.522. The Morgan fingerprint density at radius 1 is 1.67 bits per heavy atom. The molecule has 0 unspecified atom stereocenters. The average molecular weight is 171 g/mol. The van der Waals surface area contributed by atoms with Crippen LogP contribution in [0.15, 0.2) is 4.42 Å². The normalized spacial score (nSPS) is 9.50. The molecule has 1 amide bonds. The van der Waals surface area contributed by atoms with Gasteiger partial charge in [-0.1, -0.05) is 0 Å². The van der Waals surface area contributed by atoms with Crippen LogP contribution in [-0.2, 0) is 11.3 Å². The summed E-state index contributed by atoms with van der Waals surface area (Å²) < 4.78 is 9.60. The molecule has 0 bridgehead atoms. The lowest BCUT2D eigenvalue weighted by atomic mass is 10.7. The smallest absolute Gasteiger partial charge is 0.407 e. The number of hydrogen-bond donors (Lipinski definition) is 1. The molecule has 0 aliphatic heterocycles. The van der Waals surface area contributed by atoms with Crippen LogP contribution in [0.5, 0.6) is 0 Å². The number of nitrogens with zero attached hydrogens (tertiary/aromatic N) is 2. The number of rotatable bonds is 2. The molecule has 0 atom stereocenters. The minimum atomic E-state index is -0.522. The molecule has 1 aromatic rings. The maximum absolute atomic E-state index is 10.6. The van der Waals surface area contributed by atoms with Gasteiger partial charge in [-0.3, -0.25) is 0 Å². The van der Waals surface area contributed by atoms with E-state index in [1.54, 1.807) is 6.92 Å². The number of hydrogen-bond acceptors (Lipinski definition) is 5.